The molecule has 2 aromatic rings. The number of benzene rings is 1. The fourth-order valence-electron chi connectivity index (χ4n) is 2.15. The summed E-state index contributed by atoms with van der Waals surface area (Å²) in [6.45, 7) is 8.76. The third-order valence-corrected chi connectivity index (χ3v) is 3.78. The van der Waals surface area contributed by atoms with Gasteiger partial charge in [0.1, 0.15) is 0 Å². The van der Waals surface area contributed by atoms with Crippen LogP contribution in [-0.4, -0.2) is 10.1 Å². The number of pyridine rings is 1. The lowest BCUT2D eigenvalue weighted by Gasteiger charge is -2.21. The van der Waals surface area contributed by atoms with Crippen LogP contribution < -0.4 is 10.6 Å². The molecule has 1 aromatic carbocycles. The normalized spacial score (nSPS) is 12.5. The first-order chi connectivity index (χ1) is 10.4. The average molecular weight is 313 g/mol. The van der Waals surface area contributed by atoms with Crippen molar-refractivity contribution >= 4 is 23.0 Å². The molecule has 1 heterocycles. The first-order valence-corrected chi connectivity index (χ1v) is 7.85. The number of rotatable bonds is 3. The number of aromatic nitrogens is 1. The van der Waals surface area contributed by atoms with Gasteiger partial charge in [0, 0.05) is 18.1 Å². The van der Waals surface area contributed by atoms with Gasteiger partial charge in [0.15, 0.2) is 5.11 Å². The van der Waals surface area contributed by atoms with Crippen LogP contribution in [-0.2, 0) is 5.41 Å². The summed E-state index contributed by atoms with van der Waals surface area (Å²) in [4.78, 5) is 3.99. The molecule has 2 N–H and O–H groups in total. The van der Waals surface area contributed by atoms with Crippen molar-refractivity contribution in [3.63, 3.8) is 0 Å². The van der Waals surface area contributed by atoms with Crippen LogP contribution in [0.4, 0.5) is 5.69 Å². The number of hydrogen-bond donors (Lipinski definition) is 2. The predicted octanol–water partition coefficient (Wildman–Crippen LogP) is 4.43. The monoisotopic (exact) mass is 313 g/mol. The van der Waals surface area contributed by atoms with Crippen LogP contribution in [0.25, 0.3) is 0 Å². The van der Waals surface area contributed by atoms with Crippen LogP contribution >= 0.6 is 12.2 Å². The Morgan fingerprint density at radius 1 is 1.05 bits per heavy atom. The van der Waals surface area contributed by atoms with E-state index in [1.54, 1.807) is 12.4 Å². The first kappa shape index (κ1) is 16.4. The molecule has 0 aliphatic carbocycles. The van der Waals surface area contributed by atoms with Crippen molar-refractivity contribution in [3.05, 3.63) is 59.9 Å². The van der Waals surface area contributed by atoms with Gasteiger partial charge in [0.05, 0.1) is 6.04 Å². The highest BCUT2D eigenvalue weighted by atomic mass is 32.1. The van der Waals surface area contributed by atoms with E-state index in [0.717, 1.165) is 5.69 Å². The van der Waals surface area contributed by atoms with Crippen molar-refractivity contribution in [2.75, 3.05) is 5.32 Å². The fraction of sp³-hybridized carbons (Fsp3) is 0.333. The van der Waals surface area contributed by atoms with Crippen LogP contribution in [0.15, 0.2) is 48.8 Å². The molecule has 22 heavy (non-hydrogen) atoms. The van der Waals surface area contributed by atoms with Gasteiger partial charge in [-0.3, -0.25) is 4.98 Å². The zero-order valence-corrected chi connectivity index (χ0v) is 14.4. The van der Waals surface area contributed by atoms with Crippen LogP contribution in [0.1, 0.15) is 44.9 Å². The summed E-state index contributed by atoms with van der Waals surface area (Å²) < 4.78 is 0. The van der Waals surface area contributed by atoms with Gasteiger partial charge < -0.3 is 10.6 Å². The van der Waals surface area contributed by atoms with Gasteiger partial charge in [-0.15, -0.1) is 0 Å². The summed E-state index contributed by atoms with van der Waals surface area (Å²) in [5, 5.41) is 7.07. The molecule has 2 rings (SSSR count). The van der Waals surface area contributed by atoms with Crippen molar-refractivity contribution in [3.8, 4) is 0 Å². The minimum Gasteiger partial charge on any atom is -0.356 e. The van der Waals surface area contributed by atoms with Crippen LogP contribution in [0.3, 0.4) is 0 Å². The zero-order chi connectivity index (χ0) is 16.2. The molecular formula is C18H23N3S. The Bertz CT molecular complexity index is 615. The van der Waals surface area contributed by atoms with E-state index in [1.807, 2.05) is 12.1 Å². The standard InChI is InChI=1S/C18H23N3S/c1-13(14-5-7-15(8-6-14)18(2,3)4)20-17(22)21-16-9-11-19-12-10-16/h5-13H,1-4H3,(H2,19,20,21,22)/t13-/m1/s1. The molecule has 0 amide bonds. The van der Waals surface area contributed by atoms with Gasteiger partial charge in [0.2, 0.25) is 0 Å². The van der Waals surface area contributed by atoms with Gasteiger partial charge in [-0.2, -0.15) is 0 Å². The second-order valence-electron chi connectivity index (χ2n) is 6.43. The lowest BCUT2D eigenvalue weighted by atomic mass is 9.86. The third-order valence-electron chi connectivity index (χ3n) is 3.56. The van der Waals surface area contributed by atoms with Crippen LogP contribution in [0, 0.1) is 0 Å². The molecule has 0 aliphatic rings. The Balaban J connectivity index is 1.97. The highest BCUT2D eigenvalue weighted by Gasteiger charge is 2.14. The SMILES string of the molecule is C[C@@H](NC(=S)Nc1ccncc1)c1ccc(C(C)(C)C)cc1. The van der Waals surface area contributed by atoms with E-state index < -0.39 is 0 Å². The molecule has 0 bridgehead atoms. The highest BCUT2D eigenvalue weighted by molar-refractivity contribution is 7.80. The smallest absolute Gasteiger partial charge is 0.171 e. The number of thiocarbonyl (C=S) groups is 1. The second kappa shape index (κ2) is 6.88. The van der Waals surface area contributed by atoms with Crippen molar-refractivity contribution < 1.29 is 0 Å². The number of nitrogens with one attached hydrogen (secondary N) is 2. The highest BCUT2D eigenvalue weighted by Crippen LogP contribution is 2.23. The van der Waals surface area contributed by atoms with Gasteiger partial charge >= 0.3 is 0 Å². The Labute approximate surface area is 138 Å². The summed E-state index contributed by atoms with van der Waals surface area (Å²) in [5.74, 6) is 0. The lowest BCUT2D eigenvalue weighted by molar-refractivity contribution is 0.589. The topological polar surface area (TPSA) is 37.0 Å². The van der Waals surface area contributed by atoms with Gasteiger partial charge in [-0.1, -0.05) is 45.0 Å². The largest absolute Gasteiger partial charge is 0.356 e. The molecule has 0 unspecified atom stereocenters. The van der Waals surface area contributed by atoms with Gasteiger partial charge in [-0.05, 0) is 47.8 Å². The third kappa shape index (κ3) is 4.53. The number of hydrogen-bond acceptors (Lipinski definition) is 2. The summed E-state index contributed by atoms with van der Waals surface area (Å²) in [7, 11) is 0. The molecule has 0 saturated carbocycles. The fourth-order valence-corrected chi connectivity index (χ4v) is 2.45. The van der Waals surface area contributed by atoms with E-state index in [2.05, 4.69) is 67.6 Å². The van der Waals surface area contributed by atoms with E-state index in [4.69, 9.17) is 12.2 Å². The zero-order valence-electron chi connectivity index (χ0n) is 13.6. The average Bonchev–Trinajstić information content (AvgIpc) is 2.47. The van der Waals surface area contributed by atoms with E-state index >= 15 is 0 Å². The van der Waals surface area contributed by atoms with Crippen LogP contribution in [0.5, 0.6) is 0 Å². The maximum atomic E-state index is 5.35. The number of anilines is 1. The maximum Gasteiger partial charge on any atom is 0.171 e. The second-order valence-corrected chi connectivity index (χ2v) is 6.84. The van der Waals surface area contributed by atoms with E-state index in [0.29, 0.717) is 5.11 Å². The van der Waals surface area contributed by atoms with Crippen molar-refractivity contribution in [2.24, 2.45) is 0 Å². The molecule has 0 saturated heterocycles. The van der Waals surface area contributed by atoms with Crippen molar-refractivity contribution in [1.29, 1.82) is 0 Å². The molecule has 1 aromatic heterocycles. The van der Waals surface area contributed by atoms with E-state index in [1.165, 1.54) is 11.1 Å². The Hall–Kier alpha value is -1.94. The van der Waals surface area contributed by atoms with Gasteiger partial charge in [0.25, 0.3) is 0 Å². The van der Waals surface area contributed by atoms with Crippen molar-refractivity contribution in [1.82, 2.24) is 10.3 Å². The molecule has 0 radical (unpaired) electrons. The molecule has 0 spiro atoms. The summed E-state index contributed by atoms with van der Waals surface area (Å²) >= 11 is 5.35. The van der Waals surface area contributed by atoms with E-state index in [9.17, 15) is 0 Å². The molecule has 0 aliphatic heterocycles. The van der Waals surface area contributed by atoms with Crippen LogP contribution in [0.2, 0.25) is 0 Å². The minimum absolute atomic E-state index is 0.149. The first-order valence-electron chi connectivity index (χ1n) is 7.44. The molecular weight excluding hydrogens is 290 g/mol. The van der Waals surface area contributed by atoms with E-state index in [-0.39, 0.29) is 11.5 Å². The molecule has 1 atom stereocenters. The van der Waals surface area contributed by atoms with Gasteiger partial charge in [-0.25, -0.2) is 0 Å². The van der Waals surface area contributed by atoms with Crippen molar-refractivity contribution in [2.45, 2.75) is 39.2 Å². The summed E-state index contributed by atoms with van der Waals surface area (Å²) in [6, 6.07) is 12.6. The Morgan fingerprint density at radius 2 is 1.64 bits per heavy atom. The Morgan fingerprint density at radius 3 is 2.18 bits per heavy atom. The molecule has 4 heteroatoms. The Kier molecular flexibility index (Phi) is 5.14. The summed E-state index contributed by atoms with van der Waals surface area (Å²) in [5.41, 5.74) is 3.66. The molecule has 3 nitrogen and oxygen atoms in total. The summed E-state index contributed by atoms with van der Waals surface area (Å²) in [6.07, 6.45) is 3.47. The molecule has 116 valence electrons. The predicted molar refractivity (Wildman–Crippen MR) is 97.2 cm³/mol. The minimum atomic E-state index is 0.149. The molecule has 0 fully saturated rings. The quantitative estimate of drug-likeness (QED) is 0.822. The maximum absolute atomic E-state index is 5.35. The lowest BCUT2D eigenvalue weighted by Crippen LogP contribution is -2.30. The number of nitrogens with zero attached hydrogens (tertiary/aromatic N) is 1.